The minimum Gasteiger partial charge on any atom is -0.497 e. The summed E-state index contributed by atoms with van der Waals surface area (Å²) < 4.78 is 5.10. The summed E-state index contributed by atoms with van der Waals surface area (Å²) in [6.07, 6.45) is 4.84. The Kier molecular flexibility index (Phi) is 6.44. The predicted molar refractivity (Wildman–Crippen MR) is 89.3 cm³/mol. The Balaban J connectivity index is 1.68. The summed E-state index contributed by atoms with van der Waals surface area (Å²) in [6, 6.07) is 7.82. The summed E-state index contributed by atoms with van der Waals surface area (Å²) in [4.78, 5) is 23.7. The zero-order valence-corrected chi connectivity index (χ0v) is 13.9. The summed E-state index contributed by atoms with van der Waals surface area (Å²) in [5.41, 5.74) is 1.09. The van der Waals surface area contributed by atoms with E-state index in [0.29, 0.717) is 13.0 Å². The molecule has 0 atom stereocenters. The quantitative estimate of drug-likeness (QED) is 0.817. The van der Waals surface area contributed by atoms with Crippen LogP contribution in [0.1, 0.15) is 38.2 Å². The molecule has 23 heavy (non-hydrogen) atoms. The van der Waals surface area contributed by atoms with Crippen LogP contribution in [0.4, 0.5) is 0 Å². The van der Waals surface area contributed by atoms with Crippen LogP contribution in [0.5, 0.6) is 5.75 Å². The van der Waals surface area contributed by atoms with Gasteiger partial charge in [-0.25, -0.2) is 0 Å². The van der Waals surface area contributed by atoms with Crippen LogP contribution in [-0.2, 0) is 16.0 Å². The summed E-state index contributed by atoms with van der Waals surface area (Å²) in [6.45, 7) is 2.67. The first kappa shape index (κ1) is 17.3. The fraction of sp³-hybridized carbons (Fsp3) is 0.556. The summed E-state index contributed by atoms with van der Waals surface area (Å²) >= 11 is 0. The van der Waals surface area contributed by atoms with E-state index in [1.54, 1.807) is 7.11 Å². The average molecular weight is 318 g/mol. The highest BCUT2D eigenvalue weighted by atomic mass is 16.5. The molecule has 5 heteroatoms. The Labute approximate surface area is 137 Å². The van der Waals surface area contributed by atoms with Gasteiger partial charge in [-0.2, -0.15) is 0 Å². The number of hydrogen-bond donors (Lipinski definition) is 2. The number of carbonyl (C=O) groups excluding carboxylic acids is 2. The van der Waals surface area contributed by atoms with Gasteiger partial charge in [0.1, 0.15) is 5.75 Å². The zero-order valence-electron chi connectivity index (χ0n) is 13.9. The van der Waals surface area contributed by atoms with Gasteiger partial charge in [0, 0.05) is 12.6 Å². The van der Waals surface area contributed by atoms with E-state index in [4.69, 9.17) is 4.74 Å². The van der Waals surface area contributed by atoms with Crippen molar-refractivity contribution in [1.82, 2.24) is 10.6 Å². The van der Waals surface area contributed by atoms with Gasteiger partial charge in [0.05, 0.1) is 7.11 Å². The maximum atomic E-state index is 11.9. The molecular formula is C18H26N2O3. The van der Waals surface area contributed by atoms with Gasteiger partial charge >= 0.3 is 11.8 Å². The van der Waals surface area contributed by atoms with E-state index in [-0.39, 0.29) is 6.04 Å². The lowest BCUT2D eigenvalue weighted by atomic mass is 9.87. The largest absolute Gasteiger partial charge is 0.497 e. The molecule has 0 bridgehead atoms. The molecule has 0 saturated heterocycles. The molecule has 0 unspecified atom stereocenters. The monoisotopic (exact) mass is 318 g/mol. The highest BCUT2D eigenvalue weighted by Crippen LogP contribution is 2.23. The molecule has 5 nitrogen and oxygen atoms in total. The van der Waals surface area contributed by atoms with Crippen LogP contribution in [0.15, 0.2) is 24.3 Å². The Hall–Kier alpha value is -2.04. The number of nitrogens with one attached hydrogen (secondary N) is 2. The Morgan fingerprint density at radius 1 is 1.09 bits per heavy atom. The highest BCUT2D eigenvalue weighted by molar-refractivity contribution is 6.35. The summed E-state index contributed by atoms with van der Waals surface area (Å²) in [5, 5.41) is 5.51. The fourth-order valence-electron chi connectivity index (χ4n) is 2.85. The number of benzene rings is 1. The second-order valence-electron chi connectivity index (χ2n) is 6.28. The third-order valence-corrected chi connectivity index (χ3v) is 4.42. The number of ether oxygens (including phenoxy) is 1. The van der Waals surface area contributed by atoms with Gasteiger partial charge in [-0.1, -0.05) is 19.1 Å². The number of rotatable bonds is 5. The van der Waals surface area contributed by atoms with Crippen LogP contribution in [-0.4, -0.2) is 31.5 Å². The van der Waals surface area contributed by atoms with Crippen LogP contribution in [0.3, 0.4) is 0 Å². The summed E-state index contributed by atoms with van der Waals surface area (Å²) in [5.74, 6) is 0.469. The van der Waals surface area contributed by atoms with Gasteiger partial charge in [0.2, 0.25) is 0 Å². The first-order valence-corrected chi connectivity index (χ1v) is 8.30. The second kappa shape index (κ2) is 8.56. The maximum absolute atomic E-state index is 11.9. The van der Waals surface area contributed by atoms with Crippen molar-refractivity contribution in [2.45, 2.75) is 45.1 Å². The molecular weight excluding hydrogens is 292 g/mol. The normalized spacial score (nSPS) is 20.6. The number of amides is 2. The molecule has 0 radical (unpaired) electrons. The predicted octanol–water partition coefficient (Wildman–Crippen LogP) is 2.05. The molecule has 0 heterocycles. The average Bonchev–Trinajstić information content (AvgIpc) is 2.57. The van der Waals surface area contributed by atoms with Crippen LogP contribution in [0, 0.1) is 5.92 Å². The Morgan fingerprint density at radius 2 is 1.74 bits per heavy atom. The third-order valence-electron chi connectivity index (χ3n) is 4.42. The lowest BCUT2D eigenvalue weighted by molar-refractivity contribution is -0.139. The molecule has 1 aliphatic carbocycles. The Morgan fingerprint density at radius 3 is 2.35 bits per heavy atom. The second-order valence-corrected chi connectivity index (χ2v) is 6.28. The molecule has 2 N–H and O–H groups in total. The SMILES string of the molecule is COc1ccc(CCNC(=O)C(=O)NC2CCC(C)CC2)cc1. The van der Waals surface area contributed by atoms with Crippen molar-refractivity contribution < 1.29 is 14.3 Å². The minimum absolute atomic E-state index is 0.144. The van der Waals surface area contributed by atoms with Crippen LogP contribution >= 0.6 is 0 Å². The van der Waals surface area contributed by atoms with E-state index < -0.39 is 11.8 Å². The van der Waals surface area contributed by atoms with Gasteiger partial charge in [-0.05, 0) is 55.7 Å². The fourth-order valence-corrected chi connectivity index (χ4v) is 2.85. The first-order chi connectivity index (χ1) is 11.1. The van der Waals surface area contributed by atoms with Crippen molar-refractivity contribution in [3.05, 3.63) is 29.8 Å². The van der Waals surface area contributed by atoms with E-state index in [0.717, 1.165) is 42.9 Å². The third kappa shape index (κ3) is 5.58. The van der Waals surface area contributed by atoms with Crippen LogP contribution in [0.2, 0.25) is 0 Å². The van der Waals surface area contributed by atoms with E-state index in [2.05, 4.69) is 17.6 Å². The van der Waals surface area contributed by atoms with Crippen molar-refractivity contribution in [3.63, 3.8) is 0 Å². The lowest BCUT2D eigenvalue weighted by Gasteiger charge is -2.26. The molecule has 1 fully saturated rings. The molecule has 0 aromatic heterocycles. The molecule has 2 rings (SSSR count). The van der Waals surface area contributed by atoms with E-state index >= 15 is 0 Å². The van der Waals surface area contributed by atoms with Crippen molar-refractivity contribution in [2.75, 3.05) is 13.7 Å². The van der Waals surface area contributed by atoms with Crippen molar-refractivity contribution in [2.24, 2.45) is 5.92 Å². The topological polar surface area (TPSA) is 67.4 Å². The van der Waals surface area contributed by atoms with Crippen molar-refractivity contribution >= 4 is 11.8 Å². The molecule has 1 aliphatic rings. The van der Waals surface area contributed by atoms with Gasteiger partial charge in [-0.15, -0.1) is 0 Å². The standard InChI is InChI=1S/C18H26N2O3/c1-13-3-7-15(8-4-13)20-18(22)17(21)19-12-11-14-5-9-16(23-2)10-6-14/h5-6,9-10,13,15H,3-4,7-8,11-12H2,1-2H3,(H,19,21)(H,20,22). The molecule has 0 spiro atoms. The van der Waals surface area contributed by atoms with Crippen molar-refractivity contribution in [3.8, 4) is 5.75 Å². The maximum Gasteiger partial charge on any atom is 0.309 e. The van der Waals surface area contributed by atoms with Crippen LogP contribution in [0.25, 0.3) is 0 Å². The molecule has 2 amide bonds. The molecule has 1 aromatic rings. The van der Waals surface area contributed by atoms with Gasteiger partial charge in [0.25, 0.3) is 0 Å². The van der Waals surface area contributed by atoms with Crippen molar-refractivity contribution in [1.29, 1.82) is 0 Å². The molecule has 1 aromatic carbocycles. The van der Waals surface area contributed by atoms with Crippen LogP contribution < -0.4 is 15.4 Å². The highest BCUT2D eigenvalue weighted by Gasteiger charge is 2.22. The molecule has 1 saturated carbocycles. The molecule has 0 aliphatic heterocycles. The minimum atomic E-state index is -0.544. The van der Waals surface area contributed by atoms with E-state index in [9.17, 15) is 9.59 Å². The first-order valence-electron chi connectivity index (χ1n) is 8.30. The van der Waals surface area contributed by atoms with E-state index in [1.807, 2.05) is 24.3 Å². The van der Waals surface area contributed by atoms with Gasteiger partial charge in [-0.3, -0.25) is 9.59 Å². The number of hydrogen-bond acceptors (Lipinski definition) is 3. The van der Waals surface area contributed by atoms with Gasteiger partial charge in [0.15, 0.2) is 0 Å². The number of methoxy groups -OCH3 is 1. The van der Waals surface area contributed by atoms with E-state index in [1.165, 1.54) is 0 Å². The lowest BCUT2D eigenvalue weighted by Crippen LogP contribution is -2.46. The summed E-state index contributed by atoms with van der Waals surface area (Å²) in [7, 11) is 1.63. The number of carbonyl (C=O) groups is 2. The molecule has 126 valence electrons. The Bertz CT molecular complexity index is 520. The smallest absolute Gasteiger partial charge is 0.309 e. The van der Waals surface area contributed by atoms with Gasteiger partial charge < -0.3 is 15.4 Å². The zero-order chi connectivity index (χ0) is 16.7.